The Labute approximate surface area is 138 Å². The Morgan fingerprint density at radius 1 is 0.957 bits per heavy atom. The van der Waals surface area contributed by atoms with E-state index in [1.165, 1.54) is 25.5 Å². The number of rotatable bonds is 3. The first-order valence-corrected chi connectivity index (χ1v) is 8.04. The maximum atomic E-state index is 9.10. The van der Waals surface area contributed by atoms with Crippen molar-refractivity contribution in [1.82, 2.24) is 4.98 Å². The van der Waals surface area contributed by atoms with E-state index in [1.54, 1.807) is 33.8 Å². The van der Waals surface area contributed by atoms with Crippen LogP contribution in [0, 0.1) is 0 Å². The number of hydrogen-bond donors (Lipinski definition) is 4. The van der Waals surface area contributed by atoms with Gasteiger partial charge in [0.25, 0.3) is 0 Å². The molecule has 7 heteroatoms. The minimum Gasteiger partial charge on any atom is -0.423 e. The van der Waals surface area contributed by atoms with Gasteiger partial charge in [-0.3, -0.25) is 0 Å². The highest BCUT2D eigenvalue weighted by Crippen LogP contribution is 2.19. The van der Waals surface area contributed by atoms with Gasteiger partial charge < -0.3 is 25.2 Å². The fraction of sp³-hybridized carbons (Fsp3) is 0.688. The molecule has 6 nitrogen and oxygen atoms in total. The smallest absolute Gasteiger partial charge is 0.423 e. The van der Waals surface area contributed by atoms with Crippen molar-refractivity contribution in [3.63, 3.8) is 0 Å². The number of piperidine rings is 1. The van der Waals surface area contributed by atoms with Gasteiger partial charge >= 0.3 is 7.12 Å². The average molecular weight is 324 g/mol. The Morgan fingerprint density at radius 2 is 1.48 bits per heavy atom. The van der Waals surface area contributed by atoms with Gasteiger partial charge in [-0.05, 0) is 53.0 Å². The van der Waals surface area contributed by atoms with E-state index in [2.05, 4.69) is 9.88 Å². The van der Waals surface area contributed by atoms with Crippen LogP contribution in [-0.4, -0.2) is 56.7 Å². The molecule has 0 bridgehead atoms. The zero-order valence-corrected chi connectivity index (χ0v) is 14.5. The molecule has 0 unspecified atom stereocenters. The molecular weight excluding hydrogens is 295 g/mol. The standard InChI is InChI=1S/C10H15BN2O2.C6H14O2/c14-11(15)9-4-5-10(12-8-9)13-6-2-1-3-7-13;1-5(2,7)6(3,4)8/h4-5,8,14-15H,1-3,6-7H2;7-8H,1-4H3. The van der Waals surface area contributed by atoms with Crippen LogP contribution in [0.4, 0.5) is 5.82 Å². The molecule has 0 aromatic carbocycles. The first-order chi connectivity index (χ1) is 10.5. The number of nitrogens with zero attached hydrogens (tertiary/aromatic N) is 2. The van der Waals surface area contributed by atoms with E-state index in [4.69, 9.17) is 20.3 Å². The number of pyridine rings is 1. The Bertz CT molecular complexity index is 448. The highest BCUT2D eigenvalue weighted by Gasteiger charge is 2.31. The van der Waals surface area contributed by atoms with Crippen LogP contribution in [0.1, 0.15) is 47.0 Å². The van der Waals surface area contributed by atoms with Crippen molar-refractivity contribution in [3.05, 3.63) is 18.3 Å². The molecule has 130 valence electrons. The minimum absolute atomic E-state index is 0.441. The molecule has 2 rings (SSSR count). The summed E-state index contributed by atoms with van der Waals surface area (Å²) in [5.41, 5.74) is -1.57. The van der Waals surface area contributed by atoms with Crippen LogP contribution in [0.25, 0.3) is 0 Å². The zero-order valence-electron chi connectivity index (χ0n) is 14.5. The summed E-state index contributed by atoms with van der Waals surface area (Å²) in [7, 11) is -1.42. The number of aromatic nitrogens is 1. The molecule has 23 heavy (non-hydrogen) atoms. The minimum atomic E-state index is -1.42. The van der Waals surface area contributed by atoms with Gasteiger partial charge in [0.15, 0.2) is 0 Å². The van der Waals surface area contributed by atoms with E-state index in [0.29, 0.717) is 5.46 Å². The van der Waals surface area contributed by atoms with Crippen LogP contribution in [0.5, 0.6) is 0 Å². The van der Waals surface area contributed by atoms with Crippen molar-refractivity contribution in [1.29, 1.82) is 0 Å². The summed E-state index contributed by atoms with van der Waals surface area (Å²) in [6.45, 7) is 8.40. The molecule has 0 aliphatic carbocycles. The van der Waals surface area contributed by atoms with Gasteiger partial charge in [0.1, 0.15) is 5.82 Å². The summed E-state index contributed by atoms with van der Waals surface area (Å²) in [4.78, 5) is 6.46. The first kappa shape index (κ1) is 19.9. The number of anilines is 1. The fourth-order valence-electron chi connectivity index (χ4n) is 1.86. The predicted octanol–water partition coefficient (Wildman–Crippen LogP) is 0.280. The van der Waals surface area contributed by atoms with E-state index >= 15 is 0 Å². The van der Waals surface area contributed by atoms with Crippen molar-refractivity contribution < 1.29 is 20.3 Å². The van der Waals surface area contributed by atoms with Gasteiger partial charge in [0, 0.05) is 24.7 Å². The van der Waals surface area contributed by atoms with Crippen LogP contribution in [0.15, 0.2) is 18.3 Å². The molecule has 4 N–H and O–H groups in total. The summed E-state index contributed by atoms with van der Waals surface area (Å²) in [6, 6.07) is 3.56. The van der Waals surface area contributed by atoms with Gasteiger partial charge in [-0.15, -0.1) is 0 Å². The molecule has 1 aliphatic rings. The fourth-order valence-corrected chi connectivity index (χ4v) is 1.86. The molecule has 1 aliphatic heterocycles. The molecular formula is C16H29BN2O4. The third kappa shape index (κ3) is 6.47. The summed E-state index contributed by atoms with van der Waals surface area (Å²) in [6.07, 6.45) is 5.25. The third-order valence-electron chi connectivity index (χ3n) is 4.25. The van der Waals surface area contributed by atoms with Gasteiger partial charge in [0.05, 0.1) is 11.2 Å². The van der Waals surface area contributed by atoms with Crippen LogP contribution in [0.2, 0.25) is 0 Å². The quantitative estimate of drug-likeness (QED) is 0.597. The first-order valence-electron chi connectivity index (χ1n) is 8.04. The summed E-state index contributed by atoms with van der Waals surface area (Å²) in [5, 5.41) is 36.1. The Morgan fingerprint density at radius 3 is 1.83 bits per heavy atom. The van der Waals surface area contributed by atoms with E-state index in [1.807, 2.05) is 6.07 Å². The second kappa shape index (κ2) is 8.10. The van der Waals surface area contributed by atoms with Gasteiger partial charge in [0.2, 0.25) is 0 Å². The second-order valence-corrected chi connectivity index (χ2v) is 6.99. The van der Waals surface area contributed by atoms with E-state index < -0.39 is 18.3 Å². The van der Waals surface area contributed by atoms with Gasteiger partial charge in [-0.25, -0.2) is 4.98 Å². The lowest BCUT2D eigenvalue weighted by Crippen LogP contribution is -2.44. The number of aliphatic hydroxyl groups is 2. The summed E-state index contributed by atoms with van der Waals surface area (Å²) < 4.78 is 0. The lowest BCUT2D eigenvalue weighted by Gasteiger charge is -2.31. The second-order valence-electron chi connectivity index (χ2n) is 6.99. The molecule has 0 atom stereocenters. The Kier molecular flexibility index (Phi) is 7.01. The van der Waals surface area contributed by atoms with Gasteiger partial charge in [-0.2, -0.15) is 0 Å². The Balaban J connectivity index is 0.000000284. The van der Waals surface area contributed by atoms with Crippen molar-refractivity contribution in [3.8, 4) is 0 Å². The molecule has 0 saturated carbocycles. The van der Waals surface area contributed by atoms with Crippen molar-refractivity contribution in [2.75, 3.05) is 18.0 Å². The molecule has 0 spiro atoms. The monoisotopic (exact) mass is 324 g/mol. The molecule has 1 aromatic rings. The van der Waals surface area contributed by atoms with E-state index in [-0.39, 0.29) is 0 Å². The highest BCUT2D eigenvalue weighted by molar-refractivity contribution is 6.58. The van der Waals surface area contributed by atoms with Crippen LogP contribution in [0.3, 0.4) is 0 Å². The average Bonchev–Trinajstić information content (AvgIpc) is 2.47. The zero-order chi connectivity index (χ0) is 17.7. The summed E-state index contributed by atoms with van der Waals surface area (Å²) in [5.74, 6) is 0.930. The summed E-state index contributed by atoms with van der Waals surface area (Å²) >= 11 is 0. The van der Waals surface area contributed by atoms with Crippen LogP contribution >= 0.6 is 0 Å². The van der Waals surface area contributed by atoms with Crippen LogP contribution in [-0.2, 0) is 0 Å². The predicted molar refractivity (Wildman–Crippen MR) is 92.7 cm³/mol. The maximum absolute atomic E-state index is 9.10. The molecule has 1 fully saturated rings. The topological polar surface area (TPSA) is 97.0 Å². The lowest BCUT2D eigenvalue weighted by atomic mass is 9.82. The molecule has 1 aromatic heterocycles. The van der Waals surface area contributed by atoms with Crippen molar-refractivity contribution in [2.24, 2.45) is 0 Å². The molecule has 0 amide bonds. The molecule has 1 saturated heterocycles. The van der Waals surface area contributed by atoms with Crippen molar-refractivity contribution in [2.45, 2.75) is 58.2 Å². The SMILES string of the molecule is CC(C)(O)C(C)(C)O.OB(O)c1ccc(N2CCCCC2)nc1. The lowest BCUT2D eigenvalue weighted by molar-refractivity contribution is -0.107. The van der Waals surface area contributed by atoms with Crippen molar-refractivity contribution >= 4 is 18.4 Å². The Hall–Kier alpha value is -1.15. The molecule has 2 heterocycles. The van der Waals surface area contributed by atoms with Crippen LogP contribution < -0.4 is 10.4 Å². The number of hydrogen-bond acceptors (Lipinski definition) is 6. The van der Waals surface area contributed by atoms with E-state index in [9.17, 15) is 0 Å². The van der Waals surface area contributed by atoms with Gasteiger partial charge in [-0.1, -0.05) is 6.07 Å². The highest BCUT2D eigenvalue weighted by atomic mass is 16.4. The molecule has 0 radical (unpaired) electrons. The largest absolute Gasteiger partial charge is 0.490 e. The van der Waals surface area contributed by atoms with E-state index in [0.717, 1.165) is 18.9 Å². The normalized spacial score (nSPS) is 15.7. The third-order valence-corrected chi connectivity index (χ3v) is 4.25. The maximum Gasteiger partial charge on any atom is 0.490 e.